The van der Waals surface area contributed by atoms with E-state index in [4.69, 9.17) is 4.74 Å². The monoisotopic (exact) mass is 208 g/mol. The number of hydrogen-bond donors (Lipinski definition) is 1. The Kier molecular flexibility index (Phi) is 5.40. The summed E-state index contributed by atoms with van der Waals surface area (Å²) >= 11 is 0. The van der Waals surface area contributed by atoms with Gasteiger partial charge < -0.3 is 10.1 Å². The number of nitrogens with one attached hydrogen (secondary N) is 1. The van der Waals surface area contributed by atoms with Crippen molar-refractivity contribution >= 4 is 5.97 Å². The lowest BCUT2D eigenvalue weighted by molar-refractivity contribution is -0.142. The molecule has 0 spiro atoms. The Morgan fingerprint density at radius 2 is 2.40 bits per heavy atom. The molecule has 15 heavy (non-hydrogen) atoms. The SMILES string of the molecule is CCOC(=O)CCNCc1ccccn1. The van der Waals surface area contributed by atoms with E-state index >= 15 is 0 Å². The molecule has 0 aliphatic rings. The van der Waals surface area contributed by atoms with Crippen LogP contribution in [0.25, 0.3) is 0 Å². The number of nitrogens with zero attached hydrogens (tertiary/aromatic N) is 1. The second kappa shape index (κ2) is 6.95. The van der Waals surface area contributed by atoms with Gasteiger partial charge in [-0.15, -0.1) is 0 Å². The molecule has 0 aliphatic carbocycles. The maximum absolute atomic E-state index is 11.0. The van der Waals surface area contributed by atoms with Crippen LogP contribution in [0.5, 0.6) is 0 Å². The van der Waals surface area contributed by atoms with Gasteiger partial charge in [0.1, 0.15) is 0 Å². The molecule has 82 valence electrons. The fraction of sp³-hybridized carbons (Fsp3) is 0.455. The molecule has 0 unspecified atom stereocenters. The third-order valence-electron chi connectivity index (χ3n) is 1.84. The van der Waals surface area contributed by atoms with Crippen LogP contribution in [-0.2, 0) is 16.1 Å². The normalized spacial score (nSPS) is 9.93. The van der Waals surface area contributed by atoms with Gasteiger partial charge in [0.15, 0.2) is 0 Å². The standard InChI is InChI=1S/C11H16N2O2/c1-2-15-11(14)6-8-12-9-10-5-3-4-7-13-10/h3-5,7,12H,2,6,8-9H2,1H3. The van der Waals surface area contributed by atoms with Gasteiger partial charge in [0.05, 0.1) is 18.7 Å². The van der Waals surface area contributed by atoms with E-state index in [9.17, 15) is 4.79 Å². The summed E-state index contributed by atoms with van der Waals surface area (Å²) in [5.74, 6) is -0.161. The predicted molar refractivity (Wildman–Crippen MR) is 57.2 cm³/mol. The third-order valence-corrected chi connectivity index (χ3v) is 1.84. The average molecular weight is 208 g/mol. The lowest BCUT2D eigenvalue weighted by atomic mass is 10.3. The van der Waals surface area contributed by atoms with Crippen LogP contribution in [0.1, 0.15) is 19.0 Å². The first-order valence-corrected chi connectivity index (χ1v) is 5.09. The minimum absolute atomic E-state index is 0.161. The third kappa shape index (κ3) is 5.12. The first kappa shape index (κ1) is 11.7. The Morgan fingerprint density at radius 3 is 3.07 bits per heavy atom. The highest BCUT2D eigenvalue weighted by Gasteiger charge is 2.00. The van der Waals surface area contributed by atoms with E-state index in [1.165, 1.54) is 0 Å². The van der Waals surface area contributed by atoms with Crippen LogP contribution in [-0.4, -0.2) is 24.1 Å². The summed E-state index contributed by atoms with van der Waals surface area (Å²) in [4.78, 5) is 15.1. The van der Waals surface area contributed by atoms with Crippen molar-refractivity contribution in [2.45, 2.75) is 19.9 Å². The molecule has 4 nitrogen and oxygen atoms in total. The van der Waals surface area contributed by atoms with Gasteiger partial charge >= 0.3 is 5.97 Å². The Hall–Kier alpha value is -1.42. The molecule has 1 heterocycles. The summed E-state index contributed by atoms with van der Waals surface area (Å²) in [6.45, 7) is 3.55. The van der Waals surface area contributed by atoms with Crippen LogP contribution < -0.4 is 5.32 Å². The second-order valence-corrected chi connectivity index (χ2v) is 3.05. The molecule has 1 N–H and O–H groups in total. The zero-order valence-corrected chi connectivity index (χ0v) is 8.90. The minimum Gasteiger partial charge on any atom is -0.466 e. The van der Waals surface area contributed by atoms with Crippen LogP contribution in [0.3, 0.4) is 0 Å². The van der Waals surface area contributed by atoms with Crippen molar-refractivity contribution in [1.82, 2.24) is 10.3 Å². The minimum atomic E-state index is -0.161. The number of carbonyl (C=O) groups excluding carboxylic acids is 1. The number of ether oxygens (including phenoxy) is 1. The summed E-state index contributed by atoms with van der Waals surface area (Å²) in [5.41, 5.74) is 0.973. The number of aromatic nitrogens is 1. The van der Waals surface area contributed by atoms with E-state index in [2.05, 4.69) is 10.3 Å². The fourth-order valence-corrected chi connectivity index (χ4v) is 1.14. The van der Waals surface area contributed by atoms with Crippen molar-refractivity contribution in [2.24, 2.45) is 0 Å². The van der Waals surface area contributed by atoms with Crippen molar-refractivity contribution in [2.75, 3.05) is 13.2 Å². The summed E-state index contributed by atoms with van der Waals surface area (Å²) in [6.07, 6.45) is 2.16. The van der Waals surface area contributed by atoms with Crippen LogP contribution in [0.15, 0.2) is 24.4 Å². The molecule has 0 saturated heterocycles. The van der Waals surface area contributed by atoms with Gasteiger partial charge in [0.25, 0.3) is 0 Å². The highest BCUT2D eigenvalue weighted by molar-refractivity contribution is 5.69. The van der Waals surface area contributed by atoms with E-state index < -0.39 is 0 Å². The molecule has 0 radical (unpaired) electrons. The quantitative estimate of drug-likeness (QED) is 0.562. The highest BCUT2D eigenvalue weighted by Crippen LogP contribution is 1.92. The van der Waals surface area contributed by atoms with E-state index in [-0.39, 0.29) is 5.97 Å². The maximum atomic E-state index is 11.0. The first-order chi connectivity index (χ1) is 7.33. The maximum Gasteiger partial charge on any atom is 0.307 e. The van der Waals surface area contributed by atoms with Crippen molar-refractivity contribution in [1.29, 1.82) is 0 Å². The lowest BCUT2D eigenvalue weighted by Crippen LogP contribution is -2.19. The first-order valence-electron chi connectivity index (χ1n) is 5.09. The zero-order valence-electron chi connectivity index (χ0n) is 8.90. The topological polar surface area (TPSA) is 51.2 Å². The van der Waals surface area contributed by atoms with Crippen molar-refractivity contribution in [3.63, 3.8) is 0 Å². The Bertz CT molecular complexity index is 288. The van der Waals surface area contributed by atoms with E-state index in [0.717, 1.165) is 5.69 Å². The number of hydrogen-bond acceptors (Lipinski definition) is 4. The summed E-state index contributed by atoms with van der Waals surface area (Å²) in [7, 11) is 0. The van der Waals surface area contributed by atoms with Crippen LogP contribution in [0.4, 0.5) is 0 Å². The molecule has 0 saturated carbocycles. The van der Waals surface area contributed by atoms with Gasteiger partial charge in [0.2, 0.25) is 0 Å². The largest absolute Gasteiger partial charge is 0.466 e. The van der Waals surface area contributed by atoms with Crippen LogP contribution in [0.2, 0.25) is 0 Å². The molecule has 0 aliphatic heterocycles. The molecule has 1 rings (SSSR count). The average Bonchev–Trinajstić information content (AvgIpc) is 2.26. The fourth-order valence-electron chi connectivity index (χ4n) is 1.14. The molecule has 0 bridgehead atoms. The predicted octanol–water partition coefficient (Wildman–Crippen LogP) is 1.12. The molecule has 1 aromatic heterocycles. The molecule has 0 atom stereocenters. The highest BCUT2D eigenvalue weighted by atomic mass is 16.5. The van der Waals surface area contributed by atoms with Crippen molar-refractivity contribution in [3.8, 4) is 0 Å². The summed E-state index contributed by atoms with van der Waals surface area (Å²) in [6, 6.07) is 5.76. The molecular weight excluding hydrogens is 192 g/mol. The Balaban J connectivity index is 2.10. The van der Waals surface area contributed by atoms with E-state index in [0.29, 0.717) is 26.1 Å². The number of esters is 1. The van der Waals surface area contributed by atoms with Crippen LogP contribution >= 0.6 is 0 Å². The molecule has 0 fully saturated rings. The summed E-state index contributed by atoms with van der Waals surface area (Å²) < 4.78 is 4.80. The van der Waals surface area contributed by atoms with Gasteiger partial charge in [-0.25, -0.2) is 0 Å². The number of carbonyl (C=O) groups is 1. The zero-order chi connectivity index (χ0) is 10.9. The van der Waals surface area contributed by atoms with Gasteiger partial charge in [0, 0.05) is 19.3 Å². The second-order valence-electron chi connectivity index (χ2n) is 3.05. The number of rotatable bonds is 6. The van der Waals surface area contributed by atoms with E-state index in [1.807, 2.05) is 18.2 Å². The van der Waals surface area contributed by atoms with Gasteiger partial charge in [-0.3, -0.25) is 9.78 Å². The Morgan fingerprint density at radius 1 is 1.53 bits per heavy atom. The van der Waals surface area contributed by atoms with Gasteiger partial charge in [-0.1, -0.05) is 6.07 Å². The van der Waals surface area contributed by atoms with Gasteiger partial charge in [-0.05, 0) is 19.1 Å². The van der Waals surface area contributed by atoms with Crippen molar-refractivity contribution < 1.29 is 9.53 Å². The van der Waals surface area contributed by atoms with E-state index in [1.54, 1.807) is 13.1 Å². The smallest absolute Gasteiger partial charge is 0.307 e. The van der Waals surface area contributed by atoms with Gasteiger partial charge in [-0.2, -0.15) is 0 Å². The lowest BCUT2D eigenvalue weighted by Gasteiger charge is -2.03. The molecular formula is C11H16N2O2. The number of pyridine rings is 1. The molecule has 0 amide bonds. The molecule has 0 aromatic carbocycles. The van der Waals surface area contributed by atoms with Crippen molar-refractivity contribution in [3.05, 3.63) is 30.1 Å². The Labute approximate surface area is 89.7 Å². The molecule has 4 heteroatoms. The van der Waals surface area contributed by atoms with Crippen LogP contribution in [0, 0.1) is 0 Å². The summed E-state index contributed by atoms with van der Waals surface area (Å²) in [5, 5.41) is 3.13. The molecule has 1 aromatic rings.